The van der Waals surface area contributed by atoms with Gasteiger partial charge < -0.3 is 9.64 Å². The summed E-state index contributed by atoms with van der Waals surface area (Å²) >= 11 is 1.37. The van der Waals surface area contributed by atoms with Gasteiger partial charge in [-0.3, -0.25) is 9.69 Å². The molecule has 2 heterocycles. The van der Waals surface area contributed by atoms with Gasteiger partial charge in [-0.1, -0.05) is 30.3 Å². The molecule has 1 aliphatic rings. The number of benzene rings is 2. The fourth-order valence-corrected chi connectivity index (χ4v) is 3.75. The summed E-state index contributed by atoms with van der Waals surface area (Å²) in [5, 5.41) is 1.86. The first-order valence-corrected chi connectivity index (χ1v) is 9.38. The molecular weight excluding hydrogens is 360 g/mol. The van der Waals surface area contributed by atoms with Gasteiger partial charge in [-0.2, -0.15) is 0 Å². The second-order valence-corrected chi connectivity index (χ2v) is 7.36. The fraction of sp³-hybridized carbons (Fsp3) is 0.143. The zero-order valence-electron chi connectivity index (χ0n) is 15.0. The first kappa shape index (κ1) is 17.3. The number of hydrogen-bond donors (Lipinski definition) is 0. The molecule has 136 valence electrons. The molecule has 5 nitrogen and oxygen atoms in total. The van der Waals surface area contributed by atoms with Gasteiger partial charge in [0, 0.05) is 25.3 Å². The van der Waals surface area contributed by atoms with E-state index >= 15 is 0 Å². The number of carbonyl (C=O) groups is 2. The van der Waals surface area contributed by atoms with Crippen LogP contribution < -0.4 is 9.80 Å². The minimum absolute atomic E-state index is 0.188. The molecule has 27 heavy (non-hydrogen) atoms. The van der Waals surface area contributed by atoms with Gasteiger partial charge >= 0.3 is 5.97 Å². The van der Waals surface area contributed by atoms with Gasteiger partial charge in [0.2, 0.25) is 6.23 Å². The molecule has 2 aromatic carbocycles. The number of rotatable bonds is 3. The number of ether oxygens (including phenoxy) is 1. The van der Waals surface area contributed by atoms with Crippen LogP contribution in [0, 0.1) is 0 Å². The molecule has 3 aromatic rings. The van der Waals surface area contributed by atoms with E-state index in [1.807, 2.05) is 60.8 Å². The molecule has 6 heteroatoms. The van der Waals surface area contributed by atoms with Crippen molar-refractivity contribution >= 4 is 34.6 Å². The lowest BCUT2D eigenvalue weighted by Gasteiger charge is -2.36. The number of cyclic esters (lactones) is 1. The minimum atomic E-state index is -0.807. The highest BCUT2D eigenvalue weighted by Gasteiger charge is 2.38. The molecule has 0 fully saturated rings. The summed E-state index contributed by atoms with van der Waals surface area (Å²) in [5.74, 6) is -0.617. The molecule has 0 bridgehead atoms. The van der Waals surface area contributed by atoms with Crippen molar-refractivity contribution in [2.24, 2.45) is 0 Å². The molecule has 1 aliphatic heterocycles. The molecule has 4 rings (SSSR count). The van der Waals surface area contributed by atoms with E-state index in [2.05, 4.69) is 0 Å². The molecule has 1 amide bonds. The van der Waals surface area contributed by atoms with Gasteiger partial charge in [0.1, 0.15) is 0 Å². The van der Waals surface area contributed by atoms with E-state index in [1.165, 1.54) is 11.3 Å². The van der Waals surface area contributed by atoms with Crippen molar-refractivity contribution < 1.29 is 14.3 Å². The Balaban J connectivity index is 1.81. The maximum Gasteiger partial charge on any atom is 0.342 e. The number of fused-ring (bicyclic) bond motifs is 1. The third kappa shape index (κ3) is 3.08. The molecule has 0 radical (unpaired) electrons. The third-order valence-corrected chi connectivity index (χ3v) is 5.34. The van der Waals surface area contributed by atoms with Gasteiger partial charge in [-0.15, -0.1) is 11.3 Å². The van der Waals surface area contributed by atoms with Crippen molar-refractivity contribution in [1.29, 1.82) is 0 Å². The van der Waals surface area contributed by atoms with Crippen molar-refractivity contribution in [2.75, 3.05) is 23.9 Å². The second-order valence-electron chi connectivity index (χ2n) is 6.41. The molecule has 0 aliphatic carbocycles. The minimum Gasteiger partial charge on any atom is -0.433 e. The second kappa shape index (κ2) is 6.89. The molecule has 1 atom stereocenters. The van der Waals surface area contributed by atoms with Crippen LogP contribution in [0.15, 0.2) is 66.0 Å². The normalized spacial score (nSPS) is 15.9. The zero-order chi connectivity index (χ0) is 19.0. The fourth-order valence-electron chi connectivity index (χ4n) is 3.09. The Morgan fingerprint density at radius 1 is 1.04 bits per heavy atom. The summed E-state index contributed by atoms with van der Waals surface area (Å²) < 4.78 is 5.69. The summed E-state index contributed by atoms with van der Waals surface area (Å²) in [6.07, 6.45) is -0.807. The number of esters is 1. The first-order chi connectivity index (χ1) is 13.1. The summed E-state index contributed by atoms with van der Waals surface area (Å²) in [6.45, 7) is 0. The SMILES string of the molecule is CN(C)c1ccc(C2OC(=O)c3ccccc3N2C(=O)c2cccs2)cc1. The lowest BCUT2D eigenvalue weighted by Crippen LogP contribution is -2.41. The predicted molar refractivity (Wildman–Crippen MR) is 106 cm³/mol. The van der Waals surface area contributed by atoms with E-state index in [0.29, 0.717) is 16.1 Å². The van der Waals surface area contributed by atoms with Gasteiger partial charge in [-0.25, -0.2) is 4.79 Å². The highest BCUT2D eigenvalue weighted by Crippen LogP contribution is 2.38. The summed E-state index contributed by atoms with van der Waals surface area (Å²) in [4.78, 5) is 29.9. The van der Waals surface area contributed by atoms with Gasteiger partial charge in [0.15, 0.2) is 0 Å². The van der Waals surface area contributed by atoms with Crippen molar-refractivity contribution in [3.63, 3.8) is 0 Å². The van der Waals surface area contributed by atoms with E-state index in [-0.39, 0.29) is 5.91 Å². The Bertz CT molecular complexity index is 981. The largest absolute Gasteiger partial charge is 0.433 e. The van der Waals surface area contributed by atoms with E-state index in [4.69, 9.17) is 4.74 Å². The number of anilines is 2. The average molecular weight is 378 g/mol. The van der Waals surface area contributed by atoms with Gasteiger partial charge in [0.05, 0.1) is 16.1 Å². The van der Waals surface area contributed by atoms with Crippen LogP contribution in [0.5, 0.6) is 0 Å². The van der Waals surface area contributed by atoms with Crippen LogP contribution in [0.1, 0.15) is 31.8 Å². The van der Waals surface area contributed by atoms with Crippen molar-refractivity contribution in [2.45, 2.75) is 6.23 Å². The van der Waals surface area contributed by atoms with E-state index < -0.39 is 12.2 Å². The molecule has 0 saturated carbocycles. The van der Waals surface area contributed by atoms with Crippen molar-refractivity contribution in [3.8, 4) is 0 Å². The standard InChI is InChI=1S/C21H18N2O3S/c1-22(2)15-11-9-14(10-12-15)20-23(19(24)18-8-5-13-27-18)17-7-4-3-6-16(17)21(25)26-20/h3-13,20H,1-2H3. The number of carbonyl (C=O) groups excluding carboxylic acids is 2. The molecule has 1 unspecified atom stereocenters. The summed E-state index contributed by atoms with van der Waals surface area (Å²) in [5.41, 5.74) is 2.73. The Morgan fingerprint density at radius 3 is 2.44 bits per heavy atom. The van der Waals surface area contributed by atoms with E-state index in [0.717, 1.165) is 11.3 Å². The smallest absolute Gasteiger partial charge is 0.342 e. The number of thiophene rings is 1. The Hall–Kier alpha value is -3.12. The maximum absolute atomic E-state index is 13.2. The van der Waals surface area contributed by atoms with Gasteiger partial charge in [-0.05, 0) is 35.7 Å². The lowest BCUT2D eigenvalue weighted by atomic mass is 10.1. The van der Waals surface area contributed by atoms with Crippen molar-refractivity contribution in [3.05, 3.63) is 82.0 Å². The van der Waals surface area contributed by atoms with Crippen LogP contribution in [0.2, 0.25) is 0 Å². The Kier molecular flexibility index (Phi) is 4.41. The summed E-state index contributed by atoms with van der Waals surface area (Å²) in [6, 6.07) is 18.3. The maximum atomic E-state index is 13.2. The van der Waals surface area contributed by atoms with Crippen LogP contribution in [0.25, 0.3) is 0 Å². The van der Waals surface area contributed by atoms with Gasteiger partial charge in [0.25, 0.3) is 5.91 Å². The highest BCUT2D eigenvalue weighted by molar-refractivity contribution is 7.12. The predicted octanol–water partition coefficient (Wildman–Crippen LogP) is 4.33. The van der Waals surface area contributed by atoms with E-state index in [1.54, 1.807) is 29.2 Å². The number of hydrogen-bond acceptors (Lipinski definition) is 5. The molecule has 0 N–H and O–H groups in total. The monoisotopic (exact) mass is 378 g/mol. The van der Waals surface area contributed by atoms with Crippen LogP contribution in [-0.4, -0.2) is 26.0 Å². The zero-order valence-corrected chi connectivity index (χ0v) is 15.8. The summed E-state index contributed by atoms with van der Waals surface area (Å²) in [7, 11) is 3.91. The quantitative estimate of drug-likeness (QED) is 0.637. The third-order valence-electron chi connectivity index (χ3n) is 4.48. The number of amides is 1. The lowest BCUT2D eigenvalue weighted by molar-refractivity contribution is 0.0249. The van der Waals surface area contributed by atoms with Crippen LogP contribution >= 0.6 is 11.3 Å². The van der Waals surface area contributed by atoms with Crippen LogP contribution in [0.3, 0.4) is 0 Å². The van der Waals surface area contributed by atoms with E-state index in [9.17, 15) is 9.59 Å². The molecule has 1 aromatic heterocycles. The van der Waals surface area contributed by atoms with Crippen LogP contribution in [-0.2, 0) is 4.74 Å². The first-order valence-electron chi connectivity index (χ1n) is 8.50. The number of para-hydroxylation sites is 1. The average Bonchev–Trinajstić information content (AvgIpc) is 3.22. The molecule has 0 saturated heterocycles. The Labute approximate surface area is 161 Å². The van der Waals surface area contributed by atoms with Crippen molar-refractivity contribution in [1.82, 2.24) is 0 Å². The highest BCUT2D eigenvalue weighted by atomic mass is 32.1. The van der Waals surface area contributed by atoms with Crippen LogP contribution in [0.4, 0.5) is 11.4 Å². The number of nitrogens with zero attached hydrogens (tertiary/aromatic N) is 2. The molecule has 0 spiro atoms. The Morgan fingerprint density at radius 2 is 1.78 bits per heavy atom. The molecular formula is C21H18N2O3S. The topological polar surface area (TPSA) is 49.9 Å².